The van der Waals surface area contributed by atoms with Gasteiger partial charge in [0.25, 0.3) is 0 Å². The lowest BCUT2D eigenvalue weighted by Gasteiger charge is -2.44. The number of nitrogens with zero attached hydrogens (tertiary/aromatic N) is 6. The number of hydrogen-bond donors (Lipinski definition) is 0. The second-order valence-corrected chi connectivity index (χ2v) is 21.3. The third-order valence-corrected chi connectivity index (χ3v) is 14.5. The Balaban J connectivity index is 1.80. The molecule has 1 fully saturated rings. The van der Waals surface area contributed by atoms with Gasteiger partial charge in [-0.2, -0.15) is 4.98 Å². The molecule has 48 heavy (non-hydrogen) atoms. The minimum absolute atomic E-state index is 0.00892. The van der Waals surface area contributed by atoms with Crippen LogP contribution in [0.4, 0.5) is 10.6 Å². The van der Waals surface area contributed by atoms with Gasteiger partial charge in [0, 0.05) is 38.0 Å². The number of amides is 1. The lowest BCUT2D eigenvalue weighted by molar-refractivity contribution is 0.0130. The summed E-state index contributed by atoms with van der Waals surface area (Å²) in [7, 11) is -1.91. The topological polar surface area (TPSA) is 103 Å². The van der Waals surface area contributed by atoms with Crippen molar-refractivity contribution in [3.05, 3.63) is 50.2 Å². The Labute approximate surface area is 296 Å². The number of carbonyl (C=O) groups excluding carboxylic acids is 1. The molecular weight excluding hydrogens is 667 g/mol. The van der Waals surface area contributed by atoms with Crippen molar-refractivity contribution in [2.24, 2.45) is 0 Å². The molecule has 0 aliphatic carbocycles. The van der Waals surface area contributed by atoms with E-state index < -0.39 is 19.6 Å². The van der Waals surface area contributed by atoms with Crippen LogP contribution in [0.25, 0.3) is 16.7 Å². The maximum Gasteiger partial charge on any atom is 0.410 e. The quantitative estimate of drug-likeness (QED) is 0.130. The zero-order valence-electron chi connectivity index (χ0n) is 30.6. The normalized spacial score (nSPS) is 17.8. The number of halogens is 2. The monoisotopic (exact) mass is 718 g/mol. The van der Waals surface area contributed by atoms with Gasteiger partial charge in [0.15, 0.2) is 14.0 Å². The molecule has 13 heteroatoms. The first-order valence-corrected chi connectivity index (χ1v) is 20.5. The fourth-order valence-corrected chi connectivity index (χ4v) is 7.08. The van der Waals surface area contributed by atoms with Gasteiger partial charge in [-0.25, -0.2) is 19.1 Å². The summed E-state index contributed by atoms with van der Waals surface area (Å²) in [6.45, 7) is 26.2. The third kappa shape index (κ3) is 8.17. The molecule has 0 saturated carbocycles. The standard InChI is InChI=1S/C35H52Cl2N6O4Si/c1-21(2)27-28(24(15-16-38-27)14-13-17-46-48(11,12)35(8,9)10)43-31-25(18-26(36)29(37)39-31)30(40-32(43)44)41-19-23(4)42(20-22(41)3)33(45)47-34(5,6)7/h15-16,18,21-23H,13-14,17,19-20H2,1-12H3/t22-,23+/m0/s1. The van der Waals surface area contributed by atoms with Gasteiger partial charge in [0.1, 0.15) is 16.6 Å². The van der Waals surface area contributed by atoms with Gasteiger partial charge in [-0.15, -0.1) is 0 Å². The van der Waals surface area contributed by atoms with E-state index in [2.05, 4.69) is 47.7 Å². The van der Waals surface area contributed by atoms with Crippen molar-refractivity contribution in [3.8, 4) is 5.69 Å². The van der Waals surface area contributed by atoms with E-state index in [1.165, 1.54) is 0 Å². The molecule has 2 atom stereocenters. The Morgan fingerprint density at radius 1 is 1.06 bits per heavy atom. The molecule has 264 valence electrons. The Kier molecular flexibility index (Phi) is 11.3. The second-order valence-electron chi connectivity index (χ2n) is 15.7. The highest BCUT2D eigenvalue weighted by molar-refractivity contribution is 6.74. The van der Waals surface area contributed by atoms with E-state index in [-0.39, 0.29) is 39.3 Å². The zero-order chi connectivity index (χ0) is 35.9. The van der Waals surface area contributed by atoms with Crippen molar-refractivity contribution in [1.29, 1.82) is 0 Å². The van der Waals surface area contributed by atoms with Crippen LogP contribution in [-0.4, -0.2) is 76.2 Å². The number of piperazine rings is 1. The molecule has 10 nitrogen and oxygen atoms in total. The summed E-state index contributed by atoms with van der Waals surface area (Å²) in [4.78, 5) is 45.2. The predicted octanol–water partition coefficient (Wildman–Crippen LogP) is 8.39. The fraction of sp³-hybridized carbons (Fsp3) is 0.629. The van der Waals surface area contributed by atoms with E-state index in [0.29, 0.717) is 48.7 Å². The summed E-state index contributed by atoms with van der Waals surface area (Å²) in [5, 5.41) is 1.04. The molecule has 0 bridgehead atoms. The summed E-state index contributed by atoms with van der Waals surface area (Å²) in [5.74, 6) is 0.453. The third-order valence-electron chi connectivity index (χ3n) is 9.31. The molecule has 4 rings (SSSR count). The van der Waals surface area contributed by atoms with Crippen molar-refractivity contribution < 1.29 is 14.0 Å². The zero-order valence-corrected chi connectivity index (χ0v) is 33.1. The van der Waals surface area contributed by atoms with Gasteiger partial charge in [0.2, 0.25) is 0 Å². The number of hydrogen-bond acceptors (Lipinski definition) is 8. The molecule has 3 aromatic heterocycles. The van der Waals surface area contributed by atoms with Crippen LogP contribution in [0, 0.1) is 0 Å². The highest BCUT2D eigenvalue weighted by Gasteiger charge is 2.38. The first-order valence-electron chi connectivity index (χ1n) is 16.8. The fourth-order valence-electron chi connectivity index (χ4n) is 5.70. The lowest BCUT2D eigenvalue weighted by Crippen LogP contribution is -2.59. The maximum absolute atomic E-state index is 14.3. The Bertz CT molecular complexity index is 1720. The molecule has 3 aromatic rings. The first kappa shape index (κ1) is 38.1. The van der Waals surface area contributed by atoms with Crippen molar-refractivity contribution in [3.63, 3.8) is 0 Å². The number of aryl methyl sites for hydroxylation is 1. The average Bonchev–Trinajstić information content (AvgIpc) is 2.95. The average molecular weight is 720 g/mol. The molecule has 4 heterocycles. The van der Waals surface area contributed by atoms with E-state index in [4.69, 9.17) is 47.3 Å². The highest BCUT2D eigenvalue weighted by atomic mass is 35.5. The molecule has 0 aromatic carbocycles. The van der Waals surface area contributed by atoms with Gasteiger partial charge in [-0.05, 0) is 89.2 Å². The number of fused-ring (bicyclic) bond motifs is 1. The van der Waals surface area contributed by atoms with E-state index >= 15 is 0 Å². The van der Waals surface area contributed by atoms with Gasteiger partial charge in [-0.1, -0.05) is 57.8 Å². The van der Waals surface area contributed by atoms with Crippen LogP contribution in [0.1, 0.15) is 92.8 Å². The van der Waals surface area contributed by atoms with Crippen LogP contribution < -0.4 is 10.6 Å². The van der Waals surface area contributed by atoms with Crippen LogP contribution >= 0.6 is 23.2 Å². The van der Waals surface area contributed by atoms with Crippen LogP contribution in [0.2, 0.25) is 28.3 Å². The minimum Gasteiger partial charge on any atom is -0.444 e. The lowest BCUT2D eigenvalue weighted by atomic mass is 10.0. The van der Waals surface area contributed by atoms with Gasteiger partial charge < -0.3 is 19.0 Å². The minimum atomic E-state index is -1.91. The molecule has 0 N–H and O–H groups in total. The van der Waals surface area contributed by atoms with Crippen molar-refractivity contribution in [2.45, 2.75) is 124 Å². The number of carbonyl (C=O) groups is 1. The number of aromatic nitrogens is 4. The van der Waals surface area contributed by atoms with Crippen molar-refractivity contribution >= 4 is 54.5 Å². The van der Waals surface area contributed by atoms with E-state index in [9.17, 15) is 9.59 Å². The Morgan fingerprint density at radius 2 is 1.73 bits per heavy atom. The summed E-state index contributed by atoms with van der Waals surface area (Å²) in [6, 6.07) is 3.28. The first-order chi connectivity index (χ1) is 22.1. The Hall–Kier alpha value is -2.73. The van der Waals surface area contributed by atoms with E-state index in [1.807, 2.05) is 45.6 Å². The summed E-state index contributed by atoms with van der Waals surface area (Å²) in [6.07, 6.45) is 2.87. The van der Waals surface area contributed by atoms with E-state index in [1.54, 1.807) is 21.7 Å². The van der Waals surface area contributed by atoms with E-state index in [0.717, 1.165) is 17.7 Å². The van der Waals surface area contributed by atoms with Crippen molar-refractivity contribution in [2.75, 3.05) is 24.6 Å². The molecule has 1 saturated heterocycles. The Morgan fingerprint density at radius 3 is 2.33 bits per heavy atom. The maximum atomic E-state index is 14.3. The van der Waals surface area contributed by atoms with Crippen LogP contribution in [-0.2, 0) is 15.6 Å². The molecule has 1 aliphatic rings. The molecule has 0 spiro atoms. The predicted molar refractivity (Wildman–Crippen MR) is 198 cm³/mol. The summed E-state index contributed by atoms with van der Waals surface area (Å²) < 4.78 is 13.7. The second kappa shape index (κ2) is 14.2. The largest absolute Gasteiger partial charge is 0.444 e. The highest BCUT2D eigenvalue weighted by Crippen LogP contribution is 2.37. The van der Waals surface area contributed by atoms with Crippen LogP contribution in [0.5, 0.6) is 0 Å². The SMILES string of the molecule is CC(C)c1nccc(CCCO[Si](C)(C)C(C)(C)C)c1-n1c(=O)nc(N2C[C@@H](C)N(C(=O)OC(C)(C)C)C[C@@H]2C)c2cc(Cl)c(Cl)nc21. The number of ether oxygens (including phenoxy) is 1. The van der Waals surface area contributed by atoms with Crippen molar-refractivity contribution in [1.82, 2.24) is 24.4 Å². The van der Waals surface area contributed by atoms with Gasteiger partial charge >= 0.3 is 11.8 Å². The molecule has 1 amide bonds. The van der Waals surface area contributed by atoms with Crippen LogP contribution in [0.15, 0.2) is 23.1 Å². The molecule has 0 unspecified atom stereocenters. The van der Waals surface area contributed by atoms with Gasteiger partial charge in [-0.3, -0.25) is 4.98 Å². The molecule has 0 radical (unpaired) electrons. The summed E-state index contributed by atoms with van der Waals surface area (Å²) in [5.41, 5.74) is 1.62. The number of rotatable bonds is 8. The smallest absolute Gasteiger partial charge is 0.410 e. The number of pyridine rings is 2. The molecule has 1 aliphatic heterocycles. The molecular formula is C35H52Cl2N6O4Si. The number of anilines is 1. The van der Waals surface area contributed by atoms with Crippen LogP contribution in [0.3, 0.4) is 0 Å². The van der Waals surface area contributed by atoms with Gasteiger partial charge in [0.05, 0.1) is 21.8 Å². The summed E-state index contributed by atoms with van der Waals surface area (Å²) >= 11 is 13.1.